The van der Waals surface area contributed by atoms with Crippen LogP contribution in [0.5, 0.6) is 0 Å². The zero-order valence-electron chi connectivity index (χ0n) is 14.7. The molecule has 0 fully saturated rings. The van der Waals surface area contributed by atoms with Crippen LogP contribution in [-0.2, 0) is 9.53 Å². The lowest BCUT2D eigenvalue weighted by atomic mass is 10.1. The Morgan fingerprint density at radius 3 is 2.62 bits per heavy atom. The molecule has 1 heterocycles. The molecule has 126 valence electrons. The summed E-state index contributed by atoms with van der Waals surface area (Å²) in [6, 6.07) is 12.9. The second-order valence-electron chi connectivity index (χ2n) is 6.30. The highest BCUT2D eigenvalue weighted by Gasteiger charge is 2.16. The number of para-hydroxylation sites is 1. The Labute approximate surface area is 142 Å². The van der Waals surface area contributed by atoms with Crippen molar-refractivity contribution in [2.75, 3.05) is 18.5 Å². The molecule has 1 N–H and O–H groups in total. The van der Waals surface area contributed by atoms with Gasteiger partial charge in [0.05, 0.1) is 0 Å². The Balaban J connectivity index is 2.15. The van der Waals surface area contributed by atoms with E-state index in [-0.39, 0.29) is 12.5 Å². The second kappa shape index (κ2) is 6.65. The molecule has 0 spiro atoms. The van der Waals surface area contributed by atoms with E-state index < -0.39 is 0 Å². The van der Waals surface area contributed by atoms with Crippen LogP contribution in [-0.4, -0.2) is 23.7 Å². The van der Waals surface area contributed by atoms with Crippen molar-refractivity contribution < 1.29 is 9.53 Å². The monoisotopic (exact) mass is 324 g/mol. The summed E-state index contributed by atoms with van der Waals surface area (Å²) in [5, 5.41) is 5.39. The molecule has 0 aliphatic carbocycles. The lowest BCUT2D eigenvalue weighted by molar-refractivity contribution is -0.120. The number of aryl methyl sites for hydroxylation is 1. The SMILES string of the molecule is CCOCC(=O)Nc1ccc2c(c1C)c1ccccc1n2C(C)C. The minimum absolute atomic E-state index is 0.0851. The van der Waals surface area contributed by atoms with Crippen LogP contribution in [0.4, 0.5) is 5.69 Å². The van der Waals surface area contributed by atoms with Gasteiger partial charge < -0.3 is 14.6 Å². The molecule has 1 aromatic heterocycles. The number of benzene rings is 2. The van der Waals surface area contributed by atoms with Gasteiger partial charge in [-0.15, -0.1) is 0 Å². The maximum absolute atomic E-state index is 12.0. The first-order valence-corrected chi connectivity index (χ1v) is 8.44. The van der Waals surface area contributed by atoms with Crippen molar-refractivity contribution in [1.82, 2.24) is 4.57 Å². The number of rotatable bonds is 5. The third-order valence-corrected chi connectivity index (χ3v) is 4.36. The van der Waals surface area contributed by atoms with Gasteiger partial charge in [0.25, 0.3) is 0 Å². The fraction of sp³-hybridized carbons (Fsp3) is 0.350. The van der Waals surface area contributed by atoms with E-state index in [1.165, 1.54) is 21.8 Å². The largest absolute Gasteiger partial charge is 0.372 e. The summed E-state index contributed by atoms with van der Waals surface area (Å²) in [5.74, 6) is -0.119. The summed E-state index contributed by atoms with van der Waals surface area (Å²) in [7, 11) is 0. The summed E-state index contributed by atoms with van der Waals surface area (Å²) in [4.78, 5) is 12.0. The number of aromatic nitrogens is 1. The first-order valence-electron chi connectivity index (χ1n) is 8.44. The molecule has 0 radical (unpaired) electrons. The quantitative estimate of drug-likeness (QED) is 0.742. The lowest BCUT2D eigenvalue weighted by Crippen LogP contribution is -2.18. The number of nitrogens with zero attached hydrogens (tertiary/aromatic N) is 1. The van der Waals surface area contributed by atoms with E-state index in [0.717, 1.165) is 11.3 Å². The van der Waals surface area contributed by atoms with Crippen molar-refractivity contribution in [2.45, 2.75) is 33.7 Å². The van der Waals surface area contributed by atoms with Crippen molar-refractivity contribution in [3.8, 4) is 0 Å². The summed E-state index contributed by atoms with van der Waals surface area (Å²) < 4.78 is 7.54. The predicted octanol–water partition coefficient (Wildman–Crippen LogP) is 4.66. The van der Waals surface area contributed by atoms with Gasteiger partial charge in [-0.1, -0.05) is 18.2 Å². The molecule has 3 rings (SSSR count). The Kier molecular flexibility index (Phi) is 4.58. The smallest absolute Gasteiger partial charge is 0.250 e. The second-order valence-corrected chi connectivity index (χ2v) is 6.30. The van der Waals surface area contributed by atoms with E-state index in [1.807, 2.05) is 13.0 Å². The highest BCUT2D eigenvalue weighted by molar-refractivity contribution is 6.12. The first kappa shape index (κ1) is 16.5. The summed E-state index contributed by atoms with van der Waals surface area (Å²) >= 11 is 0. The standard InChI is InChI=1S/C20H24N2O2/c1-5-24-12-19(23)21-16-10-11-18-20(14(16)4)15-8-6-7-9-17(15)22(18)13(2)3/h6-11,13H,5,12H2,1-4H3,(H,21,23). The highest BCUT2D eigenvalue weighted by atomic mass is 16.5. The Morgan fingerprint density at radius 2 is 1.92 bits per heavy atom. The van der Waals surface area contributed by atoms with Crippen molar-refractivity contribution in [3.05, 3.63) is 42.0 Å². The normalized spacial score (nSPS) is 11.5. The maximum Gasteiger partial charge on any atom is 0.250 e. The number of anilines is 1. The van der Waals surface area contributed by atoms with Gasteiger partial charge in [-0.3, -0.25) is 4.79 Å². The van der Waals surface area contributed by atoms with Crippen LogP contribution in [0.2, 0.25) is 0 Å². The number of hydrogen-bond donors (Lipinski definition) is 1. The topological polar surface area (TPSA) is 43.3 Å². The molecule has 0 bridgehead atoms. The maximum atomic E-state index is 12.0. The van der Waals surface area contributed by atoms with E-state index in [0.29, 0.717) is 12.6 Å². The molecule has 4 nitrogen and oxygen atoms in total. The molecule has 0 aliphatic heterocycles. The van der Waals surface area contributed by atoms with E-state index in [2.05, 4.69) is 61.0 Å². The molecular formula is C20H24N2O2. The summed E-state index contributed by atoms with van der Waals surface area (Å²) in [6.45, 7) is 8.95. The van der Waals surface area contributed by atoms with Crippen LogP contribution in [0.1, 0.15) is 32.4 Å². The molecule has 0 saturated carbocycles. The Bertz CT molecular complexity index is 893. The molecular weight excluding hydrogens is 300 g/mol. The van der Waals surface area contributed by atoms with Crippen molar-refractivity contribution in [2.24, 2.45) is 0 Å². The molecule has 0 saturated heterocycles. The Morgan fingerprint density at radius 1 is 1.17 bits per heavy atom. The van der Waals surface area contributed by atoms with Crippen LogP contribution in [0, 0.1) is 6.92 Å². The molecule has 4 heteroatoms. The van der Waals surface area contributed by atoms with E-state index in [4.69, 9.17) is 4.74 Å². The predicted molar refractivity (Wildman–Crippen MR) is 99.7 cm³/mol. The van der Waals surface area contributed by atoms with Gasteiger partial charge in [0.1, 0.15) is 6.61 Å². The number of nitrogens with one attached hydrogen (secondary N) is 1. The molecule has 0 unspecified atom stereocenters. The van der Waals surface area contributed by atoms with Gasteiger partial charge in [-0.05, 0) is 51.5 Å². The number of fused-ring (bicyclic) bond motifs is 3. The van der Waals surface area contributed by atoms with Gasteiger partial charge in [-0.25, -0.2) is 0 Å². The third kappa shape index (κ3) is 2.78. The van der Waals surface area contributed by atoms with Gasteiger partial charge in [0.2, 0.25) is 5.91 Å². The van der Waals surface area contributed by atoms with Crippen LogP contribution in [0.3, 0.4) is 0 Å². The van der Waals surface area contributed by atoms with Crippen LogP contribution < -0.4 is 5.32 Å². The fourth-order valence-electron chi connectivity index (χ4n) is 3.34. The van der Waals surface area contributed by atoms with Crippen molar-refractivity contribution in [3.63, 3.8) is 0 Å². The average molecular weight is 324 g/mol. The van der Waals surface area contributed by atoms with Gasteiger partial charge in [0, 0.05) is 40.1 Å². The van der Waals surface area contributed by atoms with Crippen LogP contribution >= 0.6 is 0 Å². The molecule has 1 amide bonds. The zero-order chi connectivity index (χ0) is 17.3. The number of carbonyl (C=O) groups is 1. The van der Waals surface area contributed by atoms with Gasteiger partial charge in [-0.2, -0.15) is 0 Å². The van der Waals surface area contributed by atoms with Gasteiger partial charge in [0.15, 0.2) is 0 Å². The molecule has 24 heavy (non-hydrogen) atoms. The molecule has 3 aromatic rings. The van der Waals surface area contributed by atoms with Crippen LogP contribution in [0.15, 0.2) is 36.4 Å². The minimum Gasteiger partial charge on any atom is -0.372 e. The highest BCUT2D eigenvalue weighted by Crippen LogP contribution is 2.36. The number of carbonyl (C=O) groups excluding carboxylic acids is 1. The minimum atomic E-state index is -0.119. The van der Waals surface area contributed by atoms with E-state index >= 15 is 0 Å². The first-order chi connectivity index (χ1) is 11.5. The average Bonchev–Trinajstić information content (AvgIpc) is 2.90. The van der Waals surface area contributed by atoms with E-state index in [9.17, 15) is 4.79 Å². The van der Waals surface area contributed by atoms with Crippen molar-refractivity contribution in [1.29, 1.82) is 0 Å². The van der Waals surface area contributed by atoms with Gasteiger partial charge >= 0.3 is 0 Å². The van der Waals surface area contributed by atoms with Crippen LogP contribution in [0.25, 0.3) is 21.8 Å². The number of hydrogen-bond acceptors (Lipinski definition) is 2. The number of amides is 1. The fourth-order valence-corrected chi connectivity index (χ4v) is 3.34. The zero-order valence-corrected chi connectivity index (χ0v) is 14.7. The van der Waals surface area contributed by atoms with E-state index in [1.54, 1.807) is 0 Å². The third-order valence-electron chi connectivity index (χ3n) is 4.36. The van der Waals surface area contributed by atoms with Crippen molar-refractivity contribution >= 4 is 33.4 Å². The molecule has 0 aliphatic rings. The molecule has 0 atom stereocenters. The molecule has 2 aromatic carbocycles. The Hall–Kier alpha value is -2.33. The summed E-state index contributed by atoms with van der Waals surface area (Å²) in [6.07, 6.45) is 0. The summed E-state index contributed by atoms with van der Waals surface area (Å²) in [5.41, 5.74) is 4.36. The lowest BCUT2D eigenvalue weighted by Gasteiger charge is -2.13. The number of ether oxygens (including phenoxy) is 1.